The number of aromatic amines is 1. The smallest absolute Gasteiger partial charge is 0.311 e. The number of nitrogens with one attached hydrogen (secondary N) is 1. The maximum atomic E-state index is 11.4. The average Bonchev–Trinajstić information content (AvgIpc) is 2.75. The van der Waals surface area contributed by atoms with Crippen LogP contribution < -0.4 is 5.56 Å². The maximum Gasteiger partial charge on any atom is 0.311 e. The number of aliphatic carboxylic acids is 1. The second-order valence-corrected chi connectivity index (χ2v) is 5.50. The fourth-order valence-corrected chi connectivity index (χ4v) is 3.01. The molecule has 0 aliphatic heterocycles. The first kappa shape index (κ1) is 11.1. The van der Waals surface area contributed by atoms with E-state index < -0.39 is 11.9 Å². The normalized spacial score (nSPS) is 21.1. The van der Waals surface area contributed by atoms with Gasteiger partial charge >= 0.3 is 5.97 Å². The summed E-state index contributed by atoms with van der Waals surface area (Å²) in [7, 11) is 0. The third-order valence-corrected chi connectivity index (χ3v) is 3.72. The highest BCUT2D eigenvalue weighted by Gasteiger charge is 2.42. The van der Waals surface area contributed by atoms with Crippen LogP contribution in [0.15, 0.2) is 23.0 Å². The molecular weight excluding hydrogens is 232 g/mol. The zero-order valence-electron chi connectivity index (χ0n) is 10.2. The minimum Gasteiger partial charge on any atom is -0.481 e. The number of fused-ring (bicyclic) bond motifs is 3. The van der Waals surface area contributed by atoms with E-state index in [-0.39, 0.29) is 11.0 Å². The molecule has 1 unspecified atom stereocenters. The lowest BCUT2D eigenvalue weighted by molar-refractivity contribution is -0.139. The number of carbonyl (C=O) groups is 1. The van der Waals surface area contributed by atoms with E-state index in [0.717, 1.165) is 16.8 Å². The van der Waals surface area contributed by atoms with E-state index in [2.05, 4.69) is 5.10 Å². The van der Waals surface area contributed by atoms with Crippen molar-refractivity contribution in [2.75, 3.05) is 0 Å². The Morgan fingerprint density at radius 1 is 1.50 bits per heavy atom. The topological polar surface area (TPSA) is 74.6 Å². The van der Waals surface area contributed by atoms with Gasteiger partial charge in [-0.1, -0.05) is 19.9 Å². The zero-order chi connectivity index (χ0) is 13.1. The molecule has 0 amide bonds. The fourth-order valence-electron chi connectivity index (χ4n) is 3.01. The van der Waals surface area contributed by atoms with Crippen molar-refractivity contribution in [1.29, 1.82) is 0 Å². The molecule has 0 bridgehead atoms. The third kappa shape index (κ3) is 1.33. The number of pyridine rings is 1. The lowest BCUT2D eigenvalue weighted by Gasteiger charge is -2.19. The molecule has 2 heterocycles. The Morgan fingerprint density at radius 2 is 2.22 bits per heavy atom. The molecule has 0 saturated heterocycles. The summed E-state index contributed by atoms with van der Waals surface area (Å²) in [6.07, 6.45) is 0.553. The van der Waals surface area contributed by atoms with E-state index in [1.807, 2.05) is 19.9 Å². The van der Waals surface area contributed by atoms with Crippen molar-refractivity contribution < 1.29 is 9.90 Å². The van der Waals surface area contributed by atoms with Gasteiger partial charge < -0.3 is 5.11 Å². The number of hydrogen-bond donors (Lipinski definition) is 2. The Labute approximate surface area is 103 Å². The van der Waals surface area contributed by atoms with Crippen LogP contribution in [0.1, 0.15) is 37.4 Å². The van der Waals surface area contributed by atoms with Gasteiger partial charge in [0.1, 0.15) is 0 Å². The van der Waals surface area contributed by atoms with Crippen molar-refractivity contribution in [2.24, 2.45) is 0 Å². The predicted molar refractivity (Wildman–Crippen MR) is 66.0 cm³/mol. The molecule has 1 atom stereocenters. The van der Waals surface area contributed by atoms with E-state index in [0.29, 0.717) is 6.42 Å². The second-order valence-electron chi connectivity index (χ2n) is 5.50. The number of aromatic nitrogens is 2. The van der Waals surface area contributed by atoms with Crippen LogP contribution in [0.2, 0.25) is 0 Å². The second kappa shape index (κ2) is 3.25. The van der Waals surface area contributed by atoms with E-state index in [4.69, 9.17) is 0 Å². The van der Waals surface area contributed by atoms with Crippen LogP contribution in [0.4, 0.5) is 0 Å². The van der Waals surface area contributed by atoms with Crippen molar-refractivity contribution in [2.45, 2.75) is 31.6 Å². The minimum absolute atomic E-state index is 0.169. The standard InChI is InChI=1S/C13H14N2O3/c1-13(2)6-9(12(17)18)8-4-3-7-5-10(16)14-15(7)11(8)13/h3-5,9H,6H2,1-2H3,(H,14,16)(H,17,18). The van der Waals surface area contributed by atoms with Gasteiger partial charge in [0.25, 0.3) is 5.56 Å². The maximum absolute atomic E-state index is 11.4. The number of hydrogen-bond acceptors (Lipinski definition) is 2. The highest BCUT2D eigenvalue weighted by atomic mass is 16.4. The van der Waals surface area contributed by atoms with Crippen LogP contribution in [0, 0.1) is 0 Å². The van der Waals surface area contributed by atoms with Gasteiger partial charge in [-0.2, -0.15) is 0 Å². The molecule has 0 spiro atoms. The summed E-state index contributed by atoms with van der Waals surface area (Å²) in [4.78, 5) is 22.7. The van der Waals surface area contributed by atoms with Crippen molar-refractivity contribution in [3.8, 4) is 0 Å². The van der Waals surface area contributed by atoms with Crippen LogP contribution in [-0.4, -0.2) is 20.7 Å². The summed E-state index contributed by atoms with van der Waals surface area (Å²) in [6.45, 7) is 4.01. The Balaban J connectivity index is 2.39. The number of carboxylic acid groups (broad SMARTS) is 1. The van der Waals surface area contributed by atoms with Crippen LogP contribution >= 0.6 is 0 Å². The van der Waals surface area contributed by atoms with E-state index in [1.165, 1.54) is 6.07 Å². The third-order valence-electron chi connectivity index (χ3n) is 3.72. The van der Waals surface area contributed by atoms with Gasteiger partial charge in [0.15, 0.2) is 0 Å². The molecular formula is C13H14N2O3. The van der Waals surface area contributed by atoms with Gasteiger partial charge in [-0.15, -0.1) is 0 Å². The summed E-state index contributed by atoms with van der Waals surface area (Å²) >= 11 is 0. The quantitative estimate of drug-likeness (QED) is 0.800. The summed E-state index contributed by atoms with van der Waals surface area (Å²) in [5, 5.41) is 12.0. The van der Waals surface area contributed by atoms with Crippen molar-refractivity contribution in [3.63, 3.8) is 0 Å². The van der Waals surface area contributed by atoms with Crippen LogP contribution in [-0.2, 0) is 10.2 Å². The van der Waals surface area contributed by atoms with Gasteiger partial charge in [-0.25, -0.2) is 0 Å². The number of rotatable bonds is 1. The Morgan fingerprint density at radius 3 is 2.89 bits per heavy atom. The van der Waals surface area contributed by atoms with Gasteiger partial charge in [-0.3, -0.25) is 19.2 Å². The molecule has 2 N–H and O–H groups in total. The first-order chi connectivity index (χ1) is 8.40. The molecule has 5 nitrogen and oxygen atoms in total. The van der Waals surface area contributed by atoms with E-state index >= 15 is 0 Å². The largest absolute Gasteiger partial charge is 0.481 e. The molecule has 1 aliphatic rings. The minimum atomic E-state index is -0.810. The molecule has 94 valence electrons. The van der Waals surface area contributed by atoms with Gasteiger partial charge in [0.05, 0.1) is 17.1 Å². The van der Waals surface area contributed by atoms with Crippen LogP contribution in [0.5, 0.6) is 0 Å². The lowest BCUT2D eigenvalue weighted by atomic mass is 9.89. The highest BCUT2D eigenvalue weighted by molar-refractivity contribution is 5.78. The van der Waals surface area contributed by atoms with Crippen molar-refractivity contribution in [1.82, 2.24) is 9.61 Å². The van der Waals surface area contributed by atoms with Crippen LogP contribution in [0.3, 0.4) is 0 Å². The van der Waals surface area contributed by atoms with Gasteiger partial charge in [0.2, 0.25) is 0 Å². The molecule has 1 aliphatic carbocycles. The Kier molecular flexibility index (Phi) is 2.00. The fraction of sp³-hybridized carbons (Fsp3) is 0.385. The monoisotopic (exact) mass is 246 g/mol. The average molecular weight is 246 g/mol. The summed E-state index contributed by atoms with van der Waals surface area (Å²) in [5.41, 5.74) is 2.04. The first-order valence-electron chi connectivity index (χ1n) is 5.88. The Hall–Kier alpha value is -2.04. The lowest BCUT2D eigenvalue weighted by Crippen LogP contribution is -2.18. The van der Waals surface area contributed by atoms with Crippen molar-refractivity contribution in [3.05, 3.63) is 39.8 Å². The van der Waals surface area contributed by atoms with E-state index in [1.54, 1.807) is 10.6 Å². The van der Waals surface area contributed by atoms with E-state index in [9.17, 15) is 14.7 Å². The summed E-state index contributed by atoms with van der Waals surface area (Å²) < 4.78 is 1.72. The predicted octanol–water partition coefficient (Wildman–Crippen LogP) is 1.48. The summed E-state index contributed by atoms with van der Waals surface area (Å²) in [6, 6.07) is 5.13. The molecule has 2 aromatic heterocycles. The molecule has 5 heteroatoms. The molecule has 3 rings (SSSR count). The number of carboxylic acids is 1. The first-order valence-corrected chi connectivity index (χ1v) is 5.88. The Bertz CT molecular complexity index is 709. The molecule has 0 radical (unpaired) electrons. The molecule has 0 fully saturated rings. The van der Waals surface area contributed by atoms with Crippen LogP contribution in [0.25, 0.3) is 5.52 Å². The molecule has 0 aromatic carbocycles. The summed E-state index contributed by atoms with van der Waals surface area (Å²) in [5.74, 6) is -1.30. The number of nitrogens with zero attached hydrogens (tertiary/aromatic N) is 1. The van der Waals surface area contributed by atoms with Gasteiger partial charge in [-0.05, 0) is 18.1 Å². The SMILES string of the molecule is CC1(C)CC(C(=O)O)c2ccc3cc(=O)[nH]n3c21. The molecule has 2 aromatic rings. The molecule has 18 heavy (non-hydrogen) atoms. The zero-order valence-corrected chi connectivity index (χ0v) is 10.2. The molecule has 0 saturated carbocycles. The van der Waals surface area contributed by atoms with Crippen molar-refractivity contribution >= 4 is 11.5 Å². The number of H-pyrrole nitrogens is 1. The highest BCUT2D eigenvalue weighted by Crippen LogP contribution is 2.45. The van der Waals surface area contributed by atoms with Gasteiger partial charge in [0, 0.05) is 11.5 Å².